The predicted molar refractivity (Wildman–Crippen MR) is 57.8 cm³/mol. The number of aryl methyl sites for hydroxylation is 2. The third kappa shape index (κ3) is 4.09. The number of hydrogen-bond donors (Lipinski definition) is 1. The van der Waals surface area contributed by atoms with Crippen LogP contribution in [-0.2, 0) is 6.42 Å². The first-order valence-corrected chi connectivity index (χ1v) is 5.08. The van der Waals surface area contributed by atoms with Crippen molar-refractivity contribution in [3.05, 3.63) is 35.4 Å². The van der Waals surface area contributed by atoms with Crippen LogP contribution in [0.2, 0.25) is 0 Å². The van der Waals surface area contributed by atoms with Gasteiger partial charge in [-0.15, -0.1) is 0 Å². The molecule has 0 saturated heterocycles. The molecule has 0 radical (unpaired) electrons. The fourth-order valence-electron chi connectivity index (χ4n) is 1.40. The molecule has 0 amide bonds. The summed E-state index contributed by atoms with van der Waals surface area (Å²) in [5, 5.41) is 0. The summed E-state index contributed by atoms with van der Waals surface area (Å²) in [6, 6.07) is 8.80. The Morgan fingerprint density at radius 1 is 1.00 bits per heavy atom. The van der Waals surface area contributed by atoms with Crippen LogP contribution in [0, 0.1) is 6.92 Å². The van der Waals surface area contributed by atoms with Crippen LogP contribution < -0.4 is 5.73 Å². The Bertz CT molecular complexity index is 225. The fourth-order valence-corrected chi connectivity index (χ4v) is 1.40. The molecule has 1 rings (SSSR count). The van der Waals surface area contributed by atoms with Gasteiger partial charge in [0.05, 0.1) is 0 Å². The highest BCUT2D eigenvalue weighted by atomic mass is 14.5. The highest BCUT2D eigenvalue weighted by Gasteiger charge is 1.92. The summed E-state index contributed by atoms with van der Waals surface area (Å²) >= 11 is 0. The Kier molecular flexibility index (Phi) is 4.55. The van der Waals surface area contributed by atoms with E-state index in [1.54, 1.807) is 0 Å². The third-order valence-electron chi connectivity index (χ3n) is 2.29. The lowest BCUT2D eigenvalue weighted by Crippen LogP contribution is -1.98. The summed E-state index contributed by atoms with van der Waals surface area (Å²) in [7, 11) is 0. The first-order chi connectivity index (χ1) is 6.33. The van der Waals surface area contributed by atoms with Gasteiger partial charge in [0.2, 0.25) is 0 Å². The normalized spacial score (nSPS) is 10.3. The lowest BCUT2D eigenvalue weighted by atomic mass is 10.1. The van der Waals surface area contributed by atoms with Crippen molar-refractivity contribution in [2.45, 2.75) is 32.6 Å². The second-order valence-electron chi connectivity index (χ2n) is 3.58. The summed E-state index contributed by atoms with van der Waals surface area (Å²) in [5.41, 5.74) is 8.21. The Labute approximate surface area is 81.0 Å². The molecule has 0 bridgehead atoms. The largest absolute Gasteiger partial charge is 0.330 e. The molecule has 1 aromatic rings. The van der Waals surface area contributed by atoms with Gasteiger partial charge in [0, 0.05) is 0 Å². The van der Waals surface area contributed by atoms with Crippen molar-refractivity contribution >= 4 is 0 Å². The van der Waals surface area contributed by atoms with Crippen molar-refractivity contribution in [1.29, 1.82) is 0 Å². The van der Waals surface area contributed by atoms with Gasteiger partial charge in [0.15, 0.2) is 0 Å². The molecule has 2 N–H and O–H groups in total. The van der Waals surface area contributed by atoms with E-state index in [0.29, 0.717) is 0 Å². The maximum absolute atomic E-state index is 5.43. The molecule has 0 saturated carbocycles. The van der Waals surface area contributed by atoms with E-state index in [0.717, 1.165) is 13.0 Å². The lowest BCUT2D eigenvalue weighted by Gasteiger charge is -2.01. The Morgan fingerprint density at radius 3 is 2.31 bits per heavy atom. The molecule has 0 aliphatic heterocycles. The van der Waals surface area contributed by atoms with Crippen LogP contribution in [0.4, 0.5) is 0 Å². The van der Waals surface area contributed by atoms with Gasteiger partial charge in [-0.05, 0) is 38.3 Å². The van der Waals surface area contributed by atoms with Crippen LogP contribution >= 0.6 is 0 Å². The van der Waals surface area contributed by atoms with Crippen LogP contribution in [0.25, 0.3) is 0 Å². The van der Waals surface area contributed by atoms with Crippen LogP contribution in [0.1, 0.15) is 30.4 Å². The first kappa shape index (κ1) is 10.3. The van der Waals surface area contributed by atoms with Crippen molar-refractivity contribution in [1.82, 2.24) is 0 Å². The second-order valence-corrected chi connectivity index (χ2v) is 3.58. The smallest absolute Gasteiger partial charge is 0.00773 e. The molecule has 13 heavy (non-hydrogen) atoms. The average Bonchev–Trinajstić information content (AvgIpc) is 2.15. The van der Waals surface area contributed by atoms with Gasteiger partial charge >= 0.3 is 0 Å². The van der Waals surface area contributed by atoms with Gasteiger partial charge < -0.3 is 5.73 Å². The zero-order valence-electron chi connectivity index (χ0n) is 8.42. The number of nitrogens with two attached hydrogens (primary N) is 1. The van der Waals surface area contributed by atoms with E-state index in [4.69, 9.17) is 5.73 Å². The van der Waals surface area contributed by atoms with E-state index in [9.17, 15) is 0 Å². The predicted octanol–water partition coefficient (Wildman–Crippen LogP) is 2.67. The van der Waals surface area contributed by atoms with Crippen molar-refractivity contribution in [2.24, 2.45) is 5.73 Å². The van der Waals surface area contributed by atoms with Crippen molar-refractivity contribution in [2.75, 3.05) is 6.54 Å². The maximum atomic E-state index is 5.43. The topological polar surface area (TPSA) is 26.0 Å². The van der Waals surface area contributed by atoms with Crippen LogP contribution in [-0.4, -0.2) is 6.54 Å². The molecule has 1 aromatic carbocycles. The zero-order valence-corrected chi connectivity index (χ0v) is 8.42. The molecular weight excluding hydrogens is 158 g/mol. The van der Waals surface area contributed by atoms with Crippen LogP contribution in [0.15, 0.2) is 24.3 Å². The van der Waals surface area contributed by atoms with Gasteiger partial charge in [-0.2, -0.15) is 0 Å². The summed E-state index contributed by atoms with van der Waals surface area (Å²) in [6.45, 7) is 2.95. The minimum atomic E-state index is 0.827. The molecule has 1 heteroatoms. The maximum Gasteiger partial charge on any atom is -0.00773 e. The van der Waals surface area contributed by atoms with Crippen LogP contribution in [0.5, 0.6) is 0 Å². The number of unbranched alkanes of at least 4 members (excludes halogenated alkanes) is 2. The molecule has 1 nitrogen and oxygen atoms in total. The number of rotatable bonds is 5. The fraction of sp³-hybridized carbons (Fsp3) is 0.500. The van der Waals surface area contributed by atoms with Crippen molar-refractivity contribution in [3.8, 4) is 0 Å². The van der Waals surface area contributed by atoms with Gasteiger partial charge in [0.25, 0.3) is 0 Å². The van der Waals surface area contributed by atoms with E-state index in [2.05, 4.69) is 31.2 Å². The van der Waals surface area contributed by atoms with Gasteiger partial charge in [-0.1, -0.05) is 36.2 Å². The molecule has 0 aliphatic carbocycles. The minimum Gasteiger partial charge on any atom is -0.330 e. The summed E-state index contributed by atoms with van der Waals surface area (Å²) in [6.07, 6.45) is 4.87. The number of hydrogen-bond acceptors (Lipinski definition) is 1. The Hall–Kier alpha value is -0.820. The molecule has 0 fully saturated rings. The highest BCUT2D eigenvalue weighted by Crippen LogP contribution is 2.07. The SMILES string of the molecule is Cc1ccc(CCCCCN)cc1. The molecule has 0 spiro atoms. The van der Waals surface area contributed by atoms with Crippen molar-refractivity contribution < 1.29 is 0 Å². The minimum absolute atomic E-state index is 0.827. The van der Waals surface area contributed by atoms with E-state index in [-0.39, 0.29) is 0 Å². The molecule has 0 heterocycles. The van der Waals surface area contributed by atoms with Crippen molar-refractivity contribution in [3.63, 3.8) is 0 Å². The number of benzene rings is 1. The quantitative estimate of drug-likeness (QED) is 0.687. The van der Waals surface area contributed by atoms with E-state index in [1.165, 1.54) is 30.4 Å². The standard InChI is InChI=1S/C12H19N/c1-11-6-8-12(9-7-11)5-3-2-4-10-13/h6-9H,2-5,10,13H2,1H3. The monoisotopic (exact) mass is 177 g/mol. The van der Waals surface area contributed by atoms with Gasteiger partial charge in [0.1, 0.15) is 0 Å². The molecule has 72 valence electrons. The molecule has 0 atom stereocenters. The third-order valence-corrected chi connectivity index (χ3v) is 2.29. The molecule has 0 aromatic heterocycles. The first-order valence-electron chi connectivity index (χ1n) is 5.08. The zero-order chi connectivity index (χ0) is 9.52. The Morgan fingerprint density at radius 2 is 1.69 bits per heavy atom. The summed E-state index contributed by atoms with van der Waals surface area (Å²) < 4.78 is 0. The average molecular weight is 177 g/mol. The Balaban J connectivity index is 2.25. The summed E-state index contributed by atoms with van der Waals surface area (Å²) in [5.74, 6) is 0. The van der Waals surface area contributed by atoms with Crippen LogP contribution in [0.3, 0.4) is 0 Å². The van der Waals surface area contributed by atoms with Gasteiger partial charge in [-0.3, -0.25) is 0 Å². The second kappa shape index (κ2) is 5.76. The van der Waals surface area contributed by atoms with E-state index >= 15 is 0 Å². The van der Waals surface area contributed by atoms with E-state index in [1.807, 2.05) is 0 Å². The lowest BCUT2D eigenvalue weighted by molar-refractivity contribution is 0.686. The summed E-state index contributed by atoms with van der Waals surface area (Å²) in [4.78, 5) is 0. The molecule has 0 unspecified atom stereocenters. The van der Waals surface area contributed by atoms with E-state index < -0.39 is 0 Å². The molecular formula is C12H19N. The highest BCUT2D eigenvalue weighted by molar-refractivity contribution is 5.21. The molecule has 0 aliphatic rings. The van der Waals surface area contributed by atoms with Gasteiger partial charge in [-0.25, -0.2) is 0 Å².